The Balaban J connectivity index is 1.59. The van der Waals surface area contributed by atoms with Crippen LogP contribution in [0.5, 0.6) is 5.75 Å². The van der Waals surface area contributed by atoms with Crippen LogP contribution >= 0.6 is 11.6 Å². The Morgan fingerprint density at radius 2 is 1.66 bits per heavy atom. The van der Waals surface area contributed by atoms with Gasteiger partial charge in [-0.3, -0.25) is 9.10 Å². The van der Waals surface area contributed by atoms with E-state index in [4.69, 9.17) is 16.3 Å². The van der Waals surface area contributed by atoms with Gasteiger partial charge in [0.1, 0.15) is 5.75 Å². The molecule has 0 aromatic heterocycles. The summed E-state index contributed by atoms with van der Waals surface area (Å²) in [6.45, 7) is 0.0633. The lowest BCUT2D eigenvalue weighted by atomic mass is 9.97. The van der Waals surface area contributed by atoms with Gasteiger partial charge in [-0.2, -0.15) is 0 Å². The molecule has 1 amide bonds. The van der Waals surface area contributed by atoms with Gasteiger partial charge in [-0.1, -0.05) is 61.9 Å². The molecular formula is C24H31ClN2O4S. The molecule has 0 unspecified atom stereocenters. The molecule has 0 radical (unpaired) electrons. The van der Waals surface area contributed by atoms with Crippen LogP contribution in [0.15, 0.2) is 48.5 Å². The molecule has 1 aliphatic rings. The molecule has 32 heavy (non-hydrogen) atoms. The van der Waals surface area contributed by atoms with Gasteiger partial charge in [0.2, 0.25) is 10.0 Å². The second-order valence-electron chi connectivity index (χ2n) is 8.25. The Morgan fingerprint density at radius 3 is 2.28 bits per heavy atom. The topological polar surface area (TPSA) is 75.7 Å². The van der Waals surface area contributed by atoms with Gasteiger partial charge in [0.05, 0.1) is 18.5 Å². The second kappa shape index (κ2) is 11.6. The fourth-order valence-electron chi connectivity index (χ4n) is 3.91. The Bertz CT molecular complexity index is 987. The lowest BCUT2D eigenvalue weighted by Crippen LogP contribution is -2.38. The average Bonchev–Trinajstić information content (AvgIpc) is 2.73. The highest BCUT2D eigenvalue weighted by molar-refractivity contribution is 7.92. The lowest BCUT2D eigenvalue weighted by Gasteiger charge is -2.23. The molecule has 1 aliphatic carbocycles. The number of hydrogen-bond acceptors (Lipinski definition) is 4. The normalized spacial score (nSPS) is 15.4. The number of amides is 1. The third-order valence-electron chi connectivity index (χ3n) is 5.64. The number of nitrogens with zero attached hydrogens (tertiary/aromatic N) is 1. The number of ether oxygens (including phenoxy) is 1. The molecule has 0 spiro atoms. The zero-order valence-corrected chi connectivity index (χ0v) is 20.0. The zero-order chi connectivity index (χ0) is 23.0. The number of anilines is 1. The van der Waals surface area contributed by atoms with E-state index in [0.717, 1.165) is 31.9 Å². The number of nitrogens with one attached hydrogen (secondary N) is 1. The predicted molar refractivity (Wildman–Crippen MR) is 129 cm³/mol. The third kappa shape index (κ3) is 7.41. The smallest absolute Gasteiger partial charge is 0.258 e. The van der Waals surface area contributed by atoms with E-state index in [9.17, 15) is 13.2 Å². The quantitative estimate of drug-likeness (QED) is 0.584. The van der Waals surface area contributed by atoms with Crippen LogP contribution < -0.4 is 14.4 Å². The van der Waals surface area contributed by atoms with Crippen molar-refractivity contribution in [2.45, 2.75) is 57.5 Å². The first-order valence-corrected chi connectivity index (χ1v) is 13.3. The van der Waals surface area contributed by atoms with Gasteiger partial charge >= 0.3 is 0 Å². The average molecular weight is 479 g/mol. The highest BCUT2D eigenvalue weighted by Gasteiger charge is 2.19. The van der Waals surface area contributed by atoms with E-state index >= 15 is 0 Å². The summed E-state index contributed by atoms with van der Waals surface area (Å²) in [4.78, 5) is 12.3. The van der Waals surface area contributed by atoms with Gasteiger partial charge in [-0.15, -0.1) is 0 Å². The largest absolute Gasteiger partial charge is 0.484 e. The Hall–Kier alpha value is -2.25. The molecule has 8 heteroatoms. The van der Waals surface area contributed by atoms with Crippen LogP contribution in [0.4, 0.5) is 5.69 Å². The van der Waals surface area contributed by atoms with Gasteiger partial charge in [0.25, 0.3) is 5.91 Å². The van der Waals surface area contributed by atoms with E-state index in [-0.39, 0.29) is 25.1 Å². The molecule has 1 fully saturated rings. The summed E-state index contributed by atoms with van der Waals surface area (Å²) in [5, 5.41) is 3.59. The summed E-state index contributed by atoms with van der Waals surface area (Å²) < 4.78 is 31.7. The number of carbonyl (C=O) groups excluding carboxylic acids is 1. The van der Waals surface area contributed by atoms with Gasteiger partial charge in [0, 0.05) is 11.1 Å². The maximum absolute atomic E-state index is 12.4. The van der Waals surface area contributed by atoms with Gasteiger partial charge in [-0.25, -0.2) is 8.42 Å². The number of hydrogen-bond donors (Lipinski definition) is 1. The summed E-state index contributed by atoms with van der Waals surface area (Å²) in [7, 11) is -3.52. The predicted octanol–water partition coefficient (Wildman–Crippen LogP) is 4.91. The summed E-state index contributed by atoms with van der Waals surface area (Å²) >= 11 is 6.21. The number of carbonyl (C=O) groups is 1. The summed E-state index contributed by atoms with van der Waals surface area (Å²) in [6.07, 6.45) is 9.26. The fraction of sp³-hybridized carbons (Fsp3) is 0.458. The molecule has 3 rings (SSSR count). The minimum absolute atomic E-state index is 0.0642. The number of benzene rings is 2. The highest BCUT2D eigenvalue weighted by Crippen LogP contribution is 2.26. The van der Waals surface area contributed by atoms with E-state index in [1.807, 2.05) is 6.07 Å². The summed E-state index contributed by atoms with van der Waals surface area (Å²) in [6, 6.07) is 14.0. The molecular weight excluding hydrogens is 448 g/mol. The van der Waals surface area contributed by atoms with Crippen molar-refractivity contribution in [2.24, 2.45) is 0 Å². The third-order valence-corrected chi connectivity index (χ3v) is 7.15. The van der Waals surface area contributed by atoms with Crippen molar-refractivity contribution in [1.29, 1.82) is 0 Å². The van der Waals surface area contributed by atoms with Gasteiger partial charge < -0.3 is 10.1 Å². The molecule has 0 aliphatic heterocycles. The highest BCUT2D eigenvalue weighted by atomic mass is 35.5. The van der Waals surface area contributed by atoms with Crippen molar-refractivity contribution < 1.29 is 17.9 Å². The zero-order valence-electron chi connectivity index (χ0n) is 18.4. The second-order valence-corrected chi connectivity index (χ2v) is 10.6. The van der Waals surface area contributed by atoms with Crippen LogP contribution in [0.2, 0.25) is 5.02 Å². The lowest BCUT2D eigenvalue weighted by molar-refractivity contribution is -0.123. The van der Waals surface area contributed by atoms with Crippen molar-refractivity contribution in [1.82, 2.24) is 5.32 Å². The van der Waals surface area contributed by atoms with Crippen LogP contribution in [-0.2, 0) is 21.4 Å². The molecule has 174 valence electrons. The Kier molecular flexibility index (Phi) is 8.82. The van der Waals surface area contributed by atoms with Crippen LogP contribution in [0, 0.1) is 0 Å². The number of sulfonamides is 1. The summed E-state index contributed by atoms with van der Waals surface area (Å²) in [5.74, 6) is 0.379. The van der Waals surface area contributed by atoms with Crippen LogP contribution in [0.1, 0.15) is 50.5 Å². The first-order valence-electron chi connectivity index (χ1n) is 11.1. The molecule has 1 N–H and O–H groups in total. The van der Waals surface area contributed by atoms with E-state index < -0.39 is 10.0 Å². The van der Waals surface area contributed by atoms with Crippen LogP contribution in [0.3, 0.4) is 0 Å². The molecule has 2 aromatic rings. The number of halogens is 1. The van der Waals surface area contributed by atoms with Gasteiger partial charge in [-0.05, 0) is 48.7 Å². The minimum Gasteiger partial charge on any atom is -0.484 e. The monoisotopic (exact) mass is 478 g/mol. The number of rotatable bonds is 8. The first-order chi connectivity index (χ1) is 15.3. The summed E-state index contributed by atoms with van der Waals surface area (Å²) in [5.41, 5.74) is 1.21. The molecule has 0 bridgehead atoms. The van der Waals surface area contributed by atoms with Crippen molar-refractivity contribution in [3.63, 3.8) is 0 Å². The minimum atomic E-state index is -3.52. The molecule has 0 atom stereocenters. The van der Waals surface area contributed by atoms with Crippen LogP contribution in [-0.4, -0.2) is 33.2 Å². The van der Waals surface area contributed by atoms with Gasteiger partial charge in [0.15, 0.2) is 6.61 Å². The van der Waals surface area contributed by atoms with Crippen molar-refractivity contribution in [3.8, 4) is 5.75 Å². The first kappa shape index (κ1) is 24.4. The molecule has 1 saturated carbocycles. The Labute approximate surface area is 196 Å². The molecule has 0 saturated heterocycles. The molecule has 0 heterocycles. The van der Waals surface area contributed by atoms with Crippen molar-refractivity contribution in [2.75, 3.05) is 17.2 Å². The maximum Gasteiger partial charge on any atom is 0.258 e. The Morgan fingerprint density at radius 1 is 1.03 bits per heavy atom. The molecule has 2 aromatic carbocycles. The van der Waals surface area contributed by atoms with E-state index in [0.29, 0.717) is 22.0 Å². The SMILES string of the molecule is CS(=O)(=O)N(Cc1ccccc1Cl)c1ccc(OCC(=O)NC2CCCCCCC2)cc1. The maximum atomic E-state index is 12.4. The van der Waals surface area contributed by atoms with E-state index in [1.54, 1.807) is 42.5 Å². The molecule has 6 nitrogen and oxygen atoms in total. The van der Waals surface area contributed by atoms with Crippen molar-refractivity contribution in [3.05, 3.63) is 59.1 Å². The fourth-order valence-corrected chi connectivity index (χ4v) is 4.98. The van der Waals surface area contributed by atoms with E-state index in [1.165, 1.54) is 23.6 Å². The standard InChI is InChI=1S/C24H31ClN2O4S/c1-32(29,30)27(17-19-9-7-8-12-23(19)25)21-13-15-22(16-14-21)31-18-24(28)26-20-10-5-3-2-4-6-11-20/h7-9,12-16,20H,2-6,10-11,17-18H2,1H3,(H,26,28). The van der Waals surface area contributed by atoms with Crippen molar-refractivity contribution >= 4 is 33.2 Å². The van der Waals surface area contributed by atoms with Crippen LogP contribution in [0.25, 0.3) is 0 Å². The van der Waals surface area contributed by atoms with E-state index in [2.05, 4.69) is 5.32 Å².